The van der Waals surface area contributed by atoms with Crippen molar-refractivity contribution in [1.29, 1.82) is 0 Å². The van der Waals surface area contributed by atoms with E-state index in [1.54, 1.807) is 0 Å². The maximum absolute atomic E-state index is 11.1. The van der Waals surface area contributed by atoms with Crippen molar-refractivity contribution >= 4 is 0 Å². The Morgan fingerprint density at radius 1 is 1.55 bits per heavy atom. The summed E-state index contributed by atoms with van der Waals surface area (Å²) in [6, 6.07) is 2.98. The van der Waals surface area contributed by atoms with Gasteiger partial charge in [-0.1, -0.05) is 0 Å². The van der Waals surface area contributed by atoms with E-state index < -0.39 is 0 Å². The number of nitrogens with zero attached hydrogens (tertiary/aromatic N) is 2. The summed E-state index contributed by atoms with van der Waals surface area (Å²) in [6.07, 6.45) is 0. The lowest BCUT2D eigenvalue weighted by atomic mass is 10.4. The van der Waals surface area contributed by atoms with Gasteiger partial charge in [0.1, 0.15) is 0 Å². The van der Waals surface area contributed by atoms with Crippen LogP contribution >= 0.6 is 0 Å². The SMILES string of the molecule is [CH]c1ccc(=O)n(C(C)C)n1. The number of hydrogen-bond acceptors (Lipinski definition) is 2. The van der Waals surface area contributed by atoms with Crippen LogP contribution in [0.4, 0.5) is 0 Å². The van der Waals surface area contributed by atoms with Gasteiger partial charge in [-0.2, -0.15) is 5.10 Å². The Morgan fingerprint density at radius 3 is 2.64 bits per heavy atom. The Morgan fingerprint density at radius 2 is 2.18 bits per heavy atom. The van der Waals surface area contributed by atoms with Crippen LogP contribution in [-0.2, 0) is 0 Å². The Labute approximate surface area is 65.7 Å². The molecule has 0 fully saturated rings. The van der Waals surface area contributed by atoms with Crippen molar-refractivity contribution in [2.75, 3.05) is 0 Å². The van der Waals surface area contributed by atoms with Crippen molar-refractivity contribution in [3.05, 3.63) is 35.1 Å². The molecule has 1 rings (SSSR count). The zero-order chi connectivity index (χ0) is 8.43. The molecule has 1 aromatic heterocycles. The Balaban J connectivity index is 3.24. The molecule has 0 amide bonds. The molecule has 1 aromatic rings. The van der Waals surface area contributed by atoms with E-state index in [0.717, 1.165) is 0 Å². The summed E-state index contributed by atoms with van der Waals surface area (Å²) >= 11 is 0. The van der Waals surface area contributed by atoms with Crippen molar-refractivity contribution < 1.29 is 0 Å². The molecule has 0 aromatic carbocycles. The van der Waals surface area contributed by atoms with Gasteiger partial charge in [-0.15, -0.1) is 0 Å². The molecule has 0 spiro atoms. The molecular weight excluding hydrogens is 140 g/mol. The highest BCUT2D eigenvalue weighted by Crippen LogP contribution is 1.96. The van der Waals surface area contributed by atoms with Crippen molar-refractivity contribution in [3.8, 4) is 0 Å². The fourth-order valence-electron chi connectivity index (χ4n) is 0.810. The lowest BCUT2D eigenvalue weighted by Gasteiger charge is -2.07. The zero-order valence-electron chi connectivity index (χ0n) is 6.61. The van der Waals surface area contributed by atoms with Gasteiger partial charge in [0.2, 0.25) is 0 Å². The molecule has 0 aliphatic heterocycles. The van der Waals surface area contributed by atoms with Gasteiger partial charge < -0.3 is 0 Å². The van der Waals surface area contributed by atoms with Gasteiger partial charge >= 0.3 is 0 Å². The summed E-state index contributed by atoms with van der Waals surface area (Å²) in [4.78, 5) is 11.1. The van der Waals surface area contributed by atoms with Crippen LogP contribution in [0.25, 0.3) is 0 Å². The third-order valence-corrected chi connectivity index (χ3v) is 1.33. The Hall–Kier alpha value is -1.12. The first kappa shape index (κ1) is 7.98. The van der Waals surface area contributed by atoms with E-state index in [4.69, 9.17) is 6.92 Å². The summed E-state index contributed by atoms with van der Waals surface area (Å²) in [5.74, 6) is 0. The van der Waals surface area contributed by atoms with E-state index in [1.165, 1.54) is 16.8 Å². The first-order valence-corrected chi connectivity index (χ1v) is 3.46. The molecule has 0 saturated carbocycles. The average Bonchev–Trinajstić information content (AvgIpc) is 1.94. The predicted molar refractivity (Wildman–Crippen MR) is 42.3 cm³/mol. The van der Waals surface area contributed by atoms with Crippen LogP contribution in [0.1, 0.15) is 25.6 Å². The molecule has 3 heteroatoms. The summed E-state index contributed by atoms with van der Waals surface area (Å²) in [5.41, 5.74) is 0.257. The van der Waals surface area contributed by atoms with E-state index in [-0.39, 0.29) is 11.6 Å². The van der Waals surface area contributed by atoms with Gasteiger partial charge in [0.15, 0.2) is 0 Å². The van der Waals surface area contributed by atoms with Crippen molar-refractivity contribution in [1.82, 2.24) is 9.78 Å². The van der Waals surface area contributed by atoms with Crippen molar-refractivity contribution in [3.63, 3.8) is 0 Å². The first-order valence-electron chi connectivity index (χ1n) is 3.46. The van der Waals surface area contributed by atoms with E-state index >= 15 is 0 Å². The molecule has 1 heterocycles. The van der Waals surface area contributed by atoms with Gasteiger partial charge in [0, 0.05) is 13.0 Å². The molecule has 0 aliphatic carbocycles. The van der Waals surface area contributed by atoms with Crippen LogP contribution in [0, 0.1) is 6.92 Å². The topological polar surface area (TPSA) is 34.9 Å². The maximum Gasteiger partial charge on any atom is 0.266 e. The smallest absolute Gasteiger partial charge is 0.266 e. The summed E-state index contributed by atoms with van der Waals surface area (Å²) < 4.78 is 1.36. The van der Waals surface area contributed by atoms with Crippen LogP contribution in [0.5, 0.6) is 0 Å². The first-order chi connectivity index (χ1) is 5.11. The molecule has 0 unspecified atom stereocenters. The van der Waals surface area contributed by atoms with Crippen molar-refractivity contribution in [2.45, 2.75) is 19.9 Å². The summed E-state index contributed by atoms with van der Waals surface area (Å²) in [6.45, 7) is 9.16. The van der Waals surface area contributed by atoms with E-state index in [2.05, 4.69) is 5.10 Å². The molecule has 0 aliphatic rings. The quantitative estimate of drug-likeness (QED) is 0.595. The minimum Gasteiger partial charge on any atom is -0.268 e. The number of aromatic nitrogens is 2. The third-order valence-electron chi connectivity index (χ3n) is 1.33. The minimum absolute atomic E-state index is 0.0611. The molecule has 3 nitrogen and oxygen atoms in total. The fourth-order valence-corrected chi connectivity index (χ4v) is 0.810. The molecule has 0 bridgehead atoms. The second-order valence-electron chi connectivity index (χ2n) is 2.63. The number of rotatable bonds is 1. The second-order valence-corrected chi connectivity index (χ2v) is 2.63. The highest BCUT2D eigenvalue weighted by atomic mass is 16.1. The summed E-state index contributed by atoms with van der Waals surface area (Å²) in [5, 5.41) is 3.85. The molecule has 2 radical (unpaired) electrons. The van der Waals surface area contributed by atoms with Crippen LogP contribution in [-0.4, -0.2) is 9.78 Å². The predicted octanol–water partition coefficient (Wildman–Crippen LogP) is 0.883. The van der Waals surface area contributed by atoms with Gasteiger partial charge in [0.05, 0.1) is 11.7 Å². The second kappa shape index (κ2) is 2.86. The van der Waals surface area contributed by atoms with Crippen LogP contribution in [0.2, 0.25) is 0 Å². The third kappa shape index (κ3) is 1.67. The Bertz CT molecular complexity index is 301. The monoisotopic (exact) mass is 150 g/mol. The van der Waals surface area contributed by atoms with Crippen LogP contribution in [0.3, 0.4) is 0 Å². The standard InChI is InChI=1S/C8H10N2O/c1-6(2)10-8(11)5-4-7(3)9-10/h3-6H,1-2H3. The van der Waals surface area contributed by atoms with E-state index in [1.807, 2.05) is 13.8 Å². The van der Waals surface area contributed by atoms with Crippen LogP contribution < -0.4 is 5.56 Å². The van der Waals surface area contributed by atoms with E-state index in [0.29, 0.717) is 5.69 Å². The van der Waals surface area contributed by atoms with Gasteiger partial charge in [-0.3, -0.25) is 4.79 Å². The normalized spacial score (nSPS) is 10.5. The molecule has 58 valence electrons. The van der Waals surface area contributed by atoms with Crippen molar-refractivity contribution in [2.24, 2.45) is 0 Å². The Kier molecular flexibility index (Phi) is 2.08. The summed E-state index contributed by atoms with van der Waals surface area (Å²) in [7, 11) is 0. The highest BCUT2D eigenvalue weighted by molar-refractivity contribution is 5.03. The highest BCUT2D eigenvalue weighted by Gasteiger charge is 2.00. The molecule has 0 saturated heterocycles. The molecular formula is C8H10N2O. The van der Waals surface area contributed by atoms with E-state index in [9.17, 15) is 4.79 Å². The van der Waals surface area contributed by atoms with Gasteiger partial charge in [-0.05, 0) is 19.9 Å². The maximum atomic E-state index is 11.1. The minimum atomic E-state index is -0.116. The average molecular weight is 150 g/mol. The number of hydrogen-bond donors (Lipinski definition) is 0. The molecule has 11 heavy (non-hydrogen) atoms. The molecule has 0 N–H and O–H groups in total. The van der Waals surface area contributed by atoms with Crippen LogP contribution in [0.15, 0.2) is 16.9 Å². The zero-order valence-corrected chi connectivity index (χ0v) is 6.61. The lowest BCUT2D eigenvalue weighted by molar-refractivity contribution is 0.499. The largest absolute Gasteiger partial charge is 0.268 e. The van der Waals surface area contributed by atoms with Gasteiger partial charge in [-0.25, -0.2) is 4.68 Å². The van der Waals surface area contributed by atoms with Gasteiger partial charge in [0.25, 0.3) is 5.56 Å². The molecule has 0 atom stereocenters. The fraction of sp³-hybridized carbons (Fsp3) is 0.375. The lowest BCUT2D eigenvalue weighted by Crippen LogP contribution is -2.23.